The standard InChI is InChI=1S/C26H24F5N3O4S/c1-16-13-32-19(11-22(16)17-3-7-20(8-4-17)38-26(29,30)31)14-33-24(35)23-12-25(2,28)15-34(23)39(36,37)21-9-5-18(27)6-10-21/h3-11,13,23H,12,14-15H2,1-2H3,(H,33,35)/t23-,25?/m0/s1. The molecule has 0 radical (unpaired) electrons. The highest BCUT2D eigenvalue weighted by molar-refractivity contribution is 7.89. The minimum Gasteiger partial charge on any atom is -0.406 e. The second-order valence-electron chi connectivity index (χ2n) is 9.42. The van der Waals surface area contributed by atoms with E-state index in [-0.39, 0.29) is 23.6 Å². The fraction of sp³-hybridized carbons (Fsp3) is 0.308. The van der Waals surface area contributed by atoms with Crippen molar-refractivity contribution in [3.8, 4) is 16.9 Å². The van der Waals surface area contributed by atoms with E-state index in [4.69, 9.17) is 0 Å². The van der Waals surface area contributed by atoms with Crippen LogP contribution < -0.4 is 10.1 Å². The second-order valence-corrected chi connectivity index (χ2v) is 11.3. The molecule has 1 fully saturated rings. The molecule has 13 heteroatoms. The Labute approximate surface area is 221 Å². The van der Waals surface area contributed by atoms with Crippen molar-refractivity contribution in [3.05, 3.63) is 77.9 Å². The molecular weight excluding hydrogens is 545 g/mol. The first-order valence-corrected chi connectivity index (χ1v) is 13.1. The molecule has 0 saturated carbocycles. The van der Waals surface area contributed by atoms with Gasteiger partial charge in [-0.05, 0) is 73.0 Å². The van der Waals surface area contributed by atoms with Crippen LogP contribution in [0.15, 0.2) is 65.7 Å². The number of pyridine rings is 1. The van der Waals surface area contributed by atoms with Gasteiger partial charge in [-0.15, -0.1) is 13.2 Å². The highest BCUT2D eigenvalue weighted by Crippen LogP contribution is 2.35. The summed E-state index contributed by atoms with van der Waals surface area (Å²) in [5, 5.41) is 2.60. The normalized spacial score (nSPS) is 20.1. The van der Waals surface area contributed by atoms with Gasteiger partial charge in [-0.25, -0.2) is 17.2 Å². The maximum absolute atomic E-state index is 14.9. The fourth-order valence-corrected chi connectivity index (χ4v) is 6.02. The van der Waals surface area contributed by atoms with Gasteiger partial charge in [0, 0.05) is 19.2 Å². The average Bonchev–Trinajstić information content (AvgIpc) is 3.19. The number of hydrogen-bond donors (Lipinski definition) is 1. The van der Waals surface area contributed by atoms with Crippen molar-refractivity contribution in [3.63, 3.8) is 0 Å². The molecule has 2 atom stereocenters. The van der Waals surface area contributed by atoms with Crippen LogP contribution in [0.4, 0.5) is 22.0 Å². The Bertz CT molecular complexity index is 1460. The van der Waals surface area contributed by atoms with Gasteiger partial charge in [-0.1, -0.05) is 12.1 Å². The quantitative estimate of drug-likeness (QED) is 0.409. The number of ether oxygens (including phenoxy) is 1. The number of nitrogens with zero attached hydrogens (tertiary/aromatic N) is 2. The molecule has 1 aliphatic rings. The van der Waals surface area contributed by atoms with E-state index in [0.29, 0.717) is 16.8 Å². The van der Waals surface area contributed by atoms with Crippen LogP contribution in [0.25, 0.3) is 11.1 Å². The molecule has 0 spiro atoms. The van der Waals surface area contributed by atoms with Crippen molar-refractivity contribution in [2.24, 2.45) is 0 Å². The molecule has 1 aliphatic heterocycles. The van der Waals surface area contributed by atoms with Gasteiger partial charge in [0.2, 0.25) is 15.9 Å². The first kappa shape index (κ1) is 28.4. The van der Waals surface area contributed by atoms with Crippen molar-refractivity contribution in [1.29, 1.82) is 0 Å². The largest absolute Gasteiger partial charge is 0.573 e. The van der Waals surface area contributed by atoms with E-state index in [2.05, 4.69) is 15.0 Å². The summed E-state index contributed by atoms with van der Waals surface area (Å²) in [7, 11) is -4.30. The molecule has 208 valence electrons. The van der Waals surface area contributed by atoms with Gasteiger partial charge >= 0.3 is 6.36 Å². The first-order chi connectivity index (χ1) is 18.1. The van der Waals surface area contributed by atoms with E-state index in [1.54, 1.807) is 13.0 Å². The zero-order valence-electron chi connectivity index (χ0n) is 20.8. The second kappa shape index (κ2) is 10.5. The number of sulfonamides is 1. The number of amides is 1. The number of nitrogens with one attached hydrogen (secondary N) is 1. The molecule has 2 heterocycles. The summed E-state index contributed by atoms with van der Waals surface area (Å²) in [6.45, 7) is 2.28. The van der Waals surface area contributed by atoms with Gasteiger partial charge in [0.1, 0.15) is 23.3 Å². The predicted molar refractivity (Wildman–Crippen MR) is 131 cm³/mol. The third kappa shape index (κ3) is 6.71. The number of aromatic nitrogens is 1. The van der Waals surface area contributed by atoms with E-state index in [0.717, 1.165) is 34.1 Å². The summed E-state index contributed by atoms with van der Waals surface area (Å²) < 4.78 is 96.5. The van der Waals surface area contributed by atoms with Crippen LogP contribution in [0.1, 0.15) is 24.6 Å². The SMILES string of the molecule is Cc1cnc(CNC(=O)[C@@H]2CC(C)(F)CN2S(=O)(=O)c2ccc(F)cc2)cc1-c1ccc(OC(F)(F)F)cc1. The zero-order valence-corrected chi connectivity index (χ0v) is 21.6. The number of hydrogen-bond acceptors (Lipinski definition) is 5. The third-order valence-electron chi connectivity index (χ3n) is 6.18. The molecule has 1 amide bonds. The first-order valence-electron chi connectivity index (χ1n) is 11.7. The zero-order chi connectivity index (χ0) is 28.6. The summed E-state index contributed by atoms with van der Waals surface area (Å²) in [6, 6.07) is 9.56. The van der Waals surface area contributed by atoms with Gasteiger partial charge in [-0.3, -0.25) is 9.78 Å². The fourth-order valence-electron chi connectivity index (χ4n) is 4.33. The van der Waals surface area contributed by atoms with Crippen molar-refractivity contribution in [2.45, 2.75) is 49.8 Å². The van der Waals surface area contributed by atoms with Gasteiger partial charge in [0.15, 0.2) is 0 Å². The Hall–Kier alpha value is -3.58. The van der Waals surface area contributed by atoms with Crippen LogP contribution in [0.2, 0.25) is 0 Å². The predicted octanol–water partition coefficient (Wildman–Crippen LogP) is 4.90. The molecule has 1 aromatic heterocycles. The molecule has 1 N–H and O–H groups in total. The lowest BCUT2D eigenvalue weighted by Gasteiger charge is -2.23. The van der Waals surface area contributed by atoms with Crippen molar-refractivity contribution >= 4 is 15.9 Å². The number of carbonyl (C=O) groups is 1. The summed E-state index contributed by atoms with van der Waals surface area (Å²) in [4.78, 5) is 17.0. The minimum absolute atomic E-state index is 0.120. The molecule has 1 unspecified atom stereocenters. The number of alkyl halides is 4. The van der Waals surface area contributed by atoms with Crippen molar-refractivity contribution in [2.75, 3.05) is 6.54 Å². The molecule has 3 aromatic rings. The molecule has 2 aromatic carbocycles. The molecular formula is C26H24F5N3O4S. The number of aryl methyl sites for hydroxylation is 1. The maximum atomic E-state index is 14.9. The van der Waals surface area contributed by atoms with Crippen LogP contribution in [-0.4, -0.2) is 48.2 Å². The van der Waals surface area contributed by atoms with Gasteiger partial charge in [-0.2, -0.15) is 4.31 Å². The number of carbonyl (C=O) groups excluding carboxylic acids is 1. The van der Waals surface area contributed by atoms with Crippen molar-refractivity contribution in [1.82, 2.24) is 14.6 Å². The Morgan fingerprint density at radius 2 is 1.79 bits per heavy atom. The molecule has 1 saturated heterocycles. The molecule has 39 heavy (non-hydrogen) atoms. The smallest absolute Gasteiger partial charge is 0.406 e. The lowest BCUT2D eigenvalue weighted by molar-refractivity contribution is -0.274. The topological polar surface area (TPSA) is 88.6 Å². The van der Waals surface area contributed by atoms with E-state index >= 15 is 0 Å². The summed E-state index contributed by atoms with van der Waals surface area (Å²) in [6.07, 6.45) is -3.67. The Morgan fingerprint density at radius 3 is 2.41 bits per heavy atom. The maximum Gasteiger partial charge on any atom is 0.573 e. The Kier molecular flexibility index (Phi) is 7.68. The number of halogens is 5. The highest BCUT2D eigenvalue weighted by atomic mass is 32.2. The van der Waals surface area contributed by atoms with Gasteiger partial charge < -0.3 is 10.1 Å². The summed E-state index contributed by atoms with van der Waals surface area (Å²) in [5.74, 6) is -1.75. The average molecular weight is 570 g/mol. The van der Waals surface area contributed by atoms with Crippen LogP contribution in [-0.2, 0) is 21.4 Å². The number of rotatable bonds is 7. The van der Waals surface area contributed by atoms with Gasteiger partial charge in [0.05, 0.1) is 17.1 Å². The van der Waals surface area contributed by atoms with Gasteiger partial charge in [0.25, 0.3) is 0 Å². The molecule has 7 nitrogen and oxygen atoms in total. The van der Waals surface area contributed by atoms with E-state index < -0.39 is 46.4 Å². The van der Waals surface area contributed by atoms with Crippen LogP contribution in [0.3, 0.4) is 0 Å². The molecule has 4 rings (SSSR count). The minimum atomic E-state index is -4.81. The number of benzene rings is 2. The van der Waals surface area contributed by atoms with E-state index in [1.165, 1.54) is 37.4 Å². The molecule has 0 aliphatic carbocycles. The van der Waals surface area contributed by atoms with Crippen LogP contribution >= 0.6 is 0 Å². The Morgan fingerprint density at radius 1 is 1.15 bits per heavy atom. The Balaban J connectivity index is 1.50. The summed E-state index contributed by atoms with van der Waals surface area (Å²) >= 11 is 0. The van der Waals surface area contributed by atoms with Crippen LogP contribution in [0, 0.1) is 12.7 Å². The highest BCUT2D eigenvalue weighted by Gasteiger charge is 2.49. The third-order valence-corrected chi connectivity index (χ3v) is 8.05. The van der Waals surface area contributed by atoms with E-state index in [1.807, 2.05) is 0 Å². The lowest BCUT2D eigenvalue weighted by Crippen LogP contribution is -2.45. The van der Waals surface area contributed by atoms with Crippen molar-refractivity contribution < 1.29 is 39.9 Å². The van der Waals surface area contributed by atoms with Crippen LogP contribution in [0.5, 0.6) is 5.75 Å². The molecule has 0 bridgehead atoms. The van der Waals surface area contributed by atoms with E-state index in [9.17, 15) is 35.2 Å². The lowest BCUT2D eigenvalue weighted by atomic mass is 10.0. The monoisotopic (exact) mass is 569 g/mol. The summed E-state index contributed by atoms with van der Waals surface area (Å²) in [5.41, 5.74) is 0.360.